The summed E-state index contributed by atoms with van der Waals surface area (Å²) in [5.74, 6) is -0.673. The van der Waals surface area contributed by atoms with Crippen molar-refractivity contribution < 1.29 is 9.90 Å². The third-order valence-corrected chi connectivity index (χ3v) is 5.07. The van der Waals surface area contributed by atoms with Crippen molar-refractivity contribution in [3.05, 3.63) is 34.3 Å². The van der Waals surface area contributed by atoms with Gasteiger partial charge in [-0.3, -0.25) is 9.69 Å². The Morgan fingerprint density at radius 3 is 2.55 bits per heavy atom. The molecule has 0 radical (unpaired) electrons. The van der Waals surface area contributed by atoms with Crippen LogP contribution < -0.4 is 0 Å². The van der Waals surface area contributed by atoms with Gasteiger partial charge in [0.2, 0.25) is 0 Å². The zero-order valence-corrected chi connectivity index (χ0v) is 13.7. The molecule has 0 aliphatic carbocycles. The van der Waals surface area contributed by atoms with E-state index in [1.54, 1.807) is 0 Å². The zero-order chi connectivity index (χ0) is 14.8. The molecule has 2 atom stereocenters. The maximum Gasteiger partial charge on any atom is 0.324 e. The van der Waals surface area contributed by atoms with Crippen LogP contribution in [0.1, 0.15) is 51.1 Å². The summed E-state index contributed by atoms with van der Waals surface area (Å²) in [6.45, 7) is 4.99. The van der Waals surface area contributed by atoms with Gasteiger partial charge in [-0.15, -0.1) is 0 Å². The highest BCUT2D eigenvalue weighted by Crippen LogP contribution is 2.40. The second-order valence-corrected chi connectivity index (χ2v) is 6.38. The van der Waals surface area contributed by atoms with Gasteiger partial charge in [-0.2, -0.15) is 0 Å². The van der Waals surface area contributed by atoms with Crippen LogP contribution in [0.15, 0.2) is 28.7 Å². The molecule has 0 bridgehead atoms. The van der Waals surface area contributed by atoms with Gasteiger partial charge in [0, 0.05) is 10.5 Å². The predicted octanol–water partition coefficient (Wildman–Crippen LogP) is 4.23. The van der Waals surface area contributed by atoms with Gasteiger partial charge in [0.15, 0.2) is 0 Å². The Bertz CT molecular complexity index is 474. The van der Waals surface area contributed by atoms with Gasteiger partial charge in [0.25, 0.3) is 0 Å². The van der Waals surface area contributed by atoms with E-state index < -0.39 is 11.5 Å². The molecule has 1 heterocycles. The number of hydrogen-bond acceptors (Lipinski definition) is 2. The van der Waals surface area contributed by atoms with Gasteiger partial charge in [-0.25, -0.2) is 0 Å². The first-order valence-corrected chi connectivity index (χ1v) is 8.10. The highest BCUT2D eigenvalue weighted by Gasteiger charge is 2.48. The van der Waals surface area contributed by atoms with E-state index in [-0.39, 0.29) is 6.04 Å². The Kier molecular flexibility index (Phi) is 4.86. The molecule has 3 nitrogen and oxygen atoms in total. The summed E-state index contributed by atoms with van der Waals surface area (Å²) in [5.41, 5.74) is 0.518. The largest absolute Gasteiger partial charge is 0.480 e. The smallest absolute Gasteiger partial charge is 0.324 e. The fraction of sp³-hybridized carbons (Fsp3) is 0.562. The number of carboxylic acids is 1. The third kappa shape index (κ3) is 2.63. The van der Waals surface area contributed by atoms with E-state index in [1.807, 2.05) is 19.1 Å². The summed E-state index contributed by atoms with van der Waals surface area (Å²) in [6, 6.07) is 8.43. The molecule has 0 saturated carbocycles. The van der Waals surface area contributed by atoms with Crippen LogP contribution in [0.3, 0.4) is 0 Å². The van der Waals surface area contributed by atoms with Gasteiger partial charge >= 0.3 is 5.97 Å². The molecule has 0 spiro atoms. The van der Waals surface area contributed by atoms with Crippen molar-refractivity contribution >= 4 is 21.9 Å². The Balaban J connectivity index is 2.35. The average Bonchev–Trinajstić information content (AvgIpc) is 2.87. The topological polar surface area (TPSA) is 40.5 Å². The Morgan fingerprint density at radius 2 is 2.05 bits per heavy atom. The van der Waals surface area contributed by atoms with Crippen LogP contribution in [0, 0.1) is 0 Å². The first-order chi connectivity index (χ1) is 9.55. The number of halogens is 1. The minimum atomic E-state index is -0.687. The second kappa shape index (κ2) is 6.27. The number of rotatable bonds is 5. The van der Waals surface area contributed by atoms with Gasteiger partial charge in [0.05, 0.1) is 0 Å². The fourth-order valence-corrected chi connectivity index (χ4v) is 3.70. The molecule has 2 rings (SSSR count). The molecule has 1 aliphatic heterocycles. The molecule has 1 aromatic carbocycles. The third-order valence-electron chi connectivity index (χ3n) is 4.54. The SMILES string of the molecule is CCC(c1ccc(Br)cc1)N1CCCC1(CC)C(=O)O. The summed E-state index contributed by atoms with van der Waals surface area (Å²) >= 11 is 3.45. The lowest BCUT2D eigenvalue weighted by Crippen LogP contribution is -2.51. The summed E-state index contributed by atoms with van der Waals surface area (Å²) in [5, 5.41) is 9.72. The number of hydrogen-bond donors (Lipinski definition) is 1. The van der Waals surface area contributed by atoms with E-state index in [4.69, 9.17) is 0 Å². The van der Waals surface area contributed by atoms with E-state index in [0.29, 0.717) is 6.42 Å². The first-order valence-electron chi connectivity index (χ1n) is 7.30. The molecule has 2 unspecified atom stereocenters. The minimum Gasteiger partial charge on any atom is -0.480 e. The lowest BCUT2D eigenvalue weighted by atomic mass is 9.90. The van der Waals surface area contributed by atoms with Gasteiger partial charge in [0.1, 0.15) is 5.54 Å². The molecule has 20 heavy (non-hydrogen) atoms. The fourth-order valence-electron chi connectivity index (χ4n) is 3.44. The highest BCUT2D eigenvalue weighted by molar-refractivity contribution is 9.10. The highest BCUT2D eigenvalue weighted by atomic mass is 79.9. The van der Waals surface area contributed by atoms with Crippen LogP contribution in [-0.2, 0) is 4.79 Å². The van der Waals surface area contributed by atoms with Crippen LogP contribution in [0.25, 0.3) is 0 Å². The van der Waals surface area contributed by atoms with Crippen molar-refractivity contribution in [2.24, 2.45) is 0 Å². The van der Waals surface area contributed by atoms with E-state index in [9.17, 15) is 9.90 Å². The van der Waals surface area contributed by atoms with Crippen LogP contribution >= 0.6 is 15.9 Å². The molecular weight excluding hydrogens is 318 g/mol. The van der Waals surface area contributed by atoms with E-state index >= 15 is 0 Å². The summed E-state index contributed by atoms with van der Waals surface area (Å²) in [6.07, 6.45) is 3.31. The van der Waals surface area contributed by atoms with Crippen molar-refractivity contribution in [3.8, 4) is 0 Å². The molecule has 4 heteroatoms. The quantitative estimate of drug-likeness (QED) is 0.872. The Labute approximate surface area is 129 Å². The second-order valence-electron chi connectivity index (χ2n) is 5.46. The summed E-state index contributed by atoms with van der Waals surface area (Å²) in [4.78, 5) is 14.0. The maximum absolute atomic E-state index is 11.8. The lowest BCUT2D eigenvalue weighted by molar-refractivity contribution is -0.151. The average molecular weight is 340 g/mol. The van der Waals surface area contributed by atoms with Crippen LogP contribution in [0.4, 0.5) is 0 Å². The van der Waals surface area contributed by atoms with E-state index in [1.165, 1.54) is 5.56 Å². The van der Waals surface area contributed by atoms with Crippen LogP contribution in [-0.4, -0.2) is 28.1 Å². The van der Waals surface area contributed by atoms with Crippen molar-refractivity contribution in [3.63, 3.8) is 0 Å². The number of benzene rings is 1. The molecule has 110 valence electrons. The molecule has 1 fully saturated rings. The van der Waals surface area contributed by atoms with Gasteiger partial charge in [-0.05, 0) is 49.9 Å². The molecular formula is C16H22BrNO2. The molecule has 1 aromatic rings. The molecule has 0 aromatic heterocycles. The predicted molar refractivity (Wildman–Crippen MR) is 83.8 cm³/mol. The van der Waals surface area contributed by atoms with Gasteiger partial charge < -0.3 is 5.11 Å². The van der Waals surface area contributed by atoms with E-state index in [2.05, 4.69) is 39.9 Å². The Hall–Kier alpha value is -0.870. The van der Waals surface area contributed by atoms with Crippen LogP contribution in [0.2, 0.25) is 0 Å². The normalized spacial score (nSPS) is 24.8. The first kappa shape index (κ1) is 15.5. The van der Waals surface area contributed by atoms with Crippen molar-refractivity contribution in [2.75, 3.05) is 6.54 Å². The number of aliphatic carboxylic acids is 1. The van der Waals surface area contributed by atoms with Crippen molar-refractivity contribution in [1.82, 2.24) is 4.90 Å². The maximum atomic E-state index is 11.8. The van der Waals surface area contributed by atoms with E-state index in [0.717, 1.165) is 30.3 Å². The van der Waals surface area contributed by atoms with Crippen LogP contribution in [0.5, 0.6) is 0 Å². The molecule has 0 amide bonds. The number of carboxylic acid groups (broad SMARTS) is 1. The Morgan fingerprint density at radius 1 is 1.40 bits per heavy atom. The van der Waals surface area contributed by atoms with Crippen molar-refractivity contribution in [2.45, 2.75) is 51.1 Å². The number of likely N-dealkylation sites (tertiary alicyclic amines) is 1. The van der Waals surface area contributed by atoms with Gasteiger partial charge in [-0.1, -0.05) is 41.9 Å². The lowest BCUT2D eigenvalue weighted by Gasteiger charge is -2.39. The van der Waals surface area contributed by atoms with Crippen molar-refractivity contribution in [1.29, 1.82) is 0 Å². The number of nitrogens with zero attached hydrogens (tertiary/aromatic N) is 1. The molecule has 1 aliphatic rings. The molecule has 1 N–H and O–H groups in total. The summed E-state index contributed by atoms with van der Waals surface area (Å²) in [7, 11) is 0. The molecule has 1 saturated heterocycles. The standard InChI is InChI=1S/C16H22BrNO2/c1-3-14(12-6-8-13(17)9-7-12)18-11-5-10-16(18,4-2)15(19)20/h6-9,14H,3-5,10-11H2,1-2H3,(H,19,20). The monoisotopic (exact) mass is 339 g/mol. The zero-order valence-electron chi connectivity index (χ0n) is 12.1. The minimum absolute atomic E-state index is 0.182. The number of carbonyl (C=O) groups is 1. The summed E-state index contributed by atoms with van der Waals surface area (Å²) < 4.78 is 1.05.